The average Bonchev–Trinajstić information content (AvgIpc) is 2.95. The van der Waals surface area contributed by atoms with E-state index >= 15 is 0 Å². The summed E-state index contributed by atoms with van der Waals surface area (Å²) in [6.07, 6.45) is 5.00. The summed E-state index contributed by atoms with van der Waals surface area (Å²) >= 11 is 0. The number of fused-ring (bicyclic) bond motifs is 1. The zero-order valence-corrected chi connectivity index (χ0v) is 20.7. The van der Waals surface area contributed by atoms with Crippen molar-refractivity contribution in [3.63, 3.8) is 0 Å². The molecule has 190 valence electrons. The van der Waals surface area contributed by atoms with E-state index in [0.29, 0.717) is 12.0 Å². The minimum absolute atomic E-state index is 0.0293. The monoisotopic (exact) mass is 497 g/mol. The van der Waals surface area contributed by atoms with Crippen LogP contribution in [-0.2, 0) is 16.0 Å². The van der Waals surface area contributed by atoms with Crippen molar-refractivity contribution in [3.8, 4) is 0 Å². The van der Waals surface area contributed by atoms with Gasteiger partial charge in [0.05, 0.1) is 25.1 Å². The quantitative estimate of drug-likeness (QED) is 0.315. The SMILES string of the molecule is NC1c2ccccc2CCC1(C=NN1CCN(c2ccccn2)CC1)CC(=O)OC(=O)c1ccccc1. The van der Waals surface area contributed by atoms with Gasteiger partial charge in [0.2, 0.25) is 0 Å². The van der Waals surface area contributed by atoms with Crippen LogP contribution in [-0.4, -0.2) is 54.3 Å². The third kappa shape index (κ3) is 5.54. The molecule has 2 unspecified atom stereocenters. The van der Waals surface area contributed by atoms with E-state index in [1.807, 2.05) is 47.6 Å². The molecule has 2 heterocycles. The molecule has 0 radical (unpaired) electrons. The van der Waals surface area contributed by atoms with E-state index in [2.05, 4.69) is 16.0 Å². The Hall–Kier alpha value is -4.04. The van der Waals surface area contributed by atoms with Crippen LogP contribution in [0.3, 0.4) is 0 Å². The summed E-state index contributed by atoms with van der Waals surface area (Å²) in [5.41, 5.74) is 8.56. The standard InChI is InChI=1S/C29H31N5O3/c30-27-24-11-5-4-8-22(24)13-14-29(27,20-26(35)37-28(36)23-9-2-1-3-10-23)21-32-34-18-16-33(17-19-34)25-12-6-7-15-31-25/h1-12,15,21,27H,13-14,16-20,30H2. The molecule has 2 aliphatic rings. The number of carbonyl (C=O) groups is 2. The normalized spacial score (nSPS) is 21.5. The molecule has 5 rings (SSSR count). The van der Waals surface area contributed by atoms with Crippen molar-refractivity contribution < 1.29 is 14.3 Å². The predicted molar refractivity (Wildman–Crippen MR) is 142 cm³/mol. The van der Waals surface area contributed by atoms with Crippen LogP contribution >= 0.6 is 0 Å². The lowest BCUT2D eigenvalue weighted by atomic mass is 9.67. The van der Waals surface area contributed by atoms with Gasteiger partial charge in [0.1, 0.15) is 5.82 Å². The van der Waals surface area contributed by atoms with Crippen LogP contribution in [0.25, 0.3) is 0 Å². The Kier molecular flexibility index (Phi) is 7.28. The summed E-state index contributed by atoms with van der Waals surface area (Å²) in [6.45, 7) is 3.05. The number of ether oxygens (including phenoxy) is 1. The largest absolute Gasteiger partial charge is 0.389 e. The number of benzene rings is 2. The molecule has 2 aromatic carbocycles. The first-order valence-electron chi connectivity index (χ1n) is 12.6. The highest BCUT2D eigenvalue weighted by atomic mass is 16.6. The van der Waals surface area contributed by atoms with Crippen molar-refractivity contribution in [3.05, 3.63) is 95.7 Å². The van der Waals surface area contributed by atoms with E-state index < -0.39 is 23.4 Å². The Bertz CT molecular complexity index is 1260. The van der Waals surface area contributed by atoms with Crippen LogP contribution < -0.4 is 10.6 Å². The van der Waals surface area contributed by atoms with Crippen molar-refractivity contribution in [1.29, 1.82) is 0 Å². The highest BCUT2D eigenvalue weighted by Crippen LogP contribution is 2.44. The number of nitrogens with two attached hydrogens (primary N) is 1. The molecule has 8 heteroatoms. The van der Waals surface area contributed by atoms with Gasteiger partial charge in [0.25, 0.3) is 0 Å². The summed E-state index contributed by atoms with van der Waals surface area (Å²) < 4.78 is 5.23. The van der Waals surface area contributed by atoms with Gasteiger partial charge in [-0.2, -0.15) is 5.10 Å². The Balaban J connectivity index is 1.32. The highest BCUT2D eigenvalue weighted by Gasteiger charge is 2.43. The highest BCUT2D eigenvalue weighted by molar-refractivity contribution is 5.97. The molecule has 1 fully saturated rings. The minimum Gasteiger partial charge on any atom is -0.389 e. The molecule has 2 N–H and O–H groups in total. The van der Waals surface area contributed by atoms with E-state index in [4.69, 9.17) is 15.6 Å². The number of aromatic nitrogens is 1. The van der Waals surface area contributed by atoms with Crippen molar-refractivity contribution in [2.24, 2.45) is 16.3 Å². The number of piperazine rings is 1. The maximum atomic E-state index is 13.0. The molecule has 3 aromatic rings. The molecule has 0 bridgehead atoms. The van der Waals surface area contributed by atoms with E-state index in [0.717, 1.165) is 44.0 Å². The fourth-order valence-electron chi connectivity index (χ4n) is 5.11. The lowest BCUT2D eigenvalue weighted by Crippen LogP contribution is -2.46. The van der Waals surface area contributed by atoms with Gasteiger partial charge in [-0.05, 0) is 48.2 Å². The number of nitrogens with zero attached hydrogens (tertiary/aromatic N) is 4. The molecule has 0 spiro atoms. The molecular formula is C29H31N5O3. The van der Waals surface area contributed by atoms with Gasteiger partial charge in [0.15, 0.2) is 0 Å². The number of rotatable bonds is 6. The summed E-state index contributed by atoms with van der Waals surface area (Å²) in [4.78, 5) is 32.2. The fraction of sp³-hybridized carbons (Fsp3) is 0.310. The molecule has 1 saturated heterocycles. The molecule has 0 amide bonds. The maximum Gasteiger partial charge on any atom is 0.345 e. The zero-order valence-electron chi connectivity index (χ0n) is 20.7. The third-order valence-electron chi connectivity index (χ3n) is 7.27. The van der Waals surface area contributed by atoms with Gasteiger partial charge in [0, 0.05) is 37.0 Å². The Morgan fingerprint density at radius 3 is 2.49 bits per heavy atom. The van der Waals surface area contributed by atoms with Crippen molar-refractivity contribution in [2.45, 2.75) is 25.3 Å². The Morgan fingerprint density at radius 2 is 1.73 bits per heavy atom. The van der Waals surface area contributed by atoms with E-state index in [1.165, 1.54) is 5.56 Å². The molecule has 0 saturated carbocycles. The first-order chi connectivity index (χ1) is 18.0. The molecule has 1 aromatic heterocycles. The first kappa shape index (κ1) is 24.6. The van der Waals surface area contributed by atoms with Crippen LogP contribution in [0.4, 0.5) is 5.82 Å². The van der Waals surface area contributed by atoms with Crippen molar-refractivity contribution in [2.75, 3.05) is 31.1 Å². The summed E-state index contributed by atoms with van der Waals surface area (Å²) in [5, 5.41) is 6.82. The van der Waals surface area contributed by atoms with Crippen LogP contribution in [0.5, 0.6) is 0 Å². The summed E-state index contributed by atoms with van der Waals surface area (Å²) in [5.74, 6) is -0.303. The minimum atomic E-state index is -0.763. The van der Waals surface area contributed by atoms with Crippen molar-refractivity contribution >= 4 is 24.0 Å². The van der Waals surface area contributed by atoms with Gasteiger partial charge < -0.3 is 15.4 Å². The van der Waals surface area contributed by atoms with E-state index in [9.17, 15) is 9.59 Å². The molecule has 1 aliphatic carbocycles. The zero-order chi connectivity index (χ0) is 25.7. The summed E-state index contributed by atoms with van der Waals surface area (Å²) in [7, 11) is 0. The molecule has 1 aliphatic heterocycles. The number of aryl methyl sites for hydroxylation is 1. The number of esters is 2. The lowest BCUT2D eigenvalue weighted by molar-refractivity contribution is -0.140. The Morgan fingerprint density at radius 1 is 1.00 bits per heavy atom. The number of pyridine rings is 1. The van der Waals surface area contributed by atoms with E-state index in [1.54, 1.807) is 36.5 Å². The third-order valence-corrected chi connectivity index (χ3v) is 7.27. The molecule has 2 atom stereocenters. The number of anilines is 1. The molecule has 37 heavy (non-hydrogen) atoms. The van der Waals surface area contributed by atoms with Gasteiger partial charge in [-0.25, -0.2) is 9.78 Å². The van der Waals surface area contributed by atoms with Crippen LogP contribution in [0.2, 0.25) is 0 Å². The molecular weight excluding hydrogens is 466 g/mol. The average molecular weight is 498 g/mol. The van der Waals surface area contributed by atoms with Gasteiger partial charge in [-0.3, -0.25) is 9.80 Å². The lowest BCUT2D eigenvalue weighted by Gasteiger charge is -2.41. The topological polar surface area (TPSA) is 101 Å². The summed E-state index contributed by atoms with van der Waals surface area (Å²) in [6, 6.07) is 22.0. The maximum absolute atomic E-state index is 13.0. The van der Waals surface area contributed by atoms with Crippen LogP contribution in [0, 0.1) is 5.41 Å². The smallest absolute Gasteiger partial charge is 0.345 e. The van der Waals surface area contributed by atoms with Crippen LogP contribution in [0.1, 0.15) is 40.4 Å². The van der Waals surface area contributed by atoms with Crippen molar-refractivity contribution in [1.82, 2.24) is 9.99 Å². The Labute approximate surface area is 216 Å². The number of hydrogen-bond acceptors (Lipinski definition) is 8. The van der Waals surface area contributed by atoms with Crippen LogP contribution in [0.15, 0.2) is 84.1 Å². The number of hydrazone groups is 1. The second-order valence-corrected chi connectivity index (χ2v) is 9.59. The van der Waals surface area contributed by atoms with Gasteiger partial charge in [-0.1, -0.05) is 48.5 Å². The van der Waals surface area contributed by atoms with Gasteiger partial charge in [-0.15, -0.1) is 0 Å². The van der Waals surface area contributed by atoms with Gasteiger partial charge >= 0.3 is 11.9 Å². The number of hydrogen-bond donors (Lipinski definition) is 1. The fourth-order valence-corrected chi connectivity index (χ4v) is 5.11. The molecule has 8 nitrogen and oxygen atoms in total. The second kappa shape index (κ2) is 10.9. The second-order valence-electron chi connectivity index (χ2n) is 9.59. The predicted octanol–water partition coefficient (Wildman–Crippen LogP) is 3.60. The van der Waals surface area contributed by atoms with E-state index in [-0.39, 0.29) is 6.42 Å². The first-order valence-corrected chi connectivity index (χ1v) is 12.6. The number of carbonyl (C=O) groups excluding carboxylic acids is 2.